The van der Waals surface area contributed by atoms with Crippen molar-refractivity contribution in [1.29, 1.82) is 0 Å². The molecule has 0 fully saturated rings. The molecule has 0 atom stereocenters. The number of aromatic nitrogens is 3. The number of nitrogens with zero attached hydrogens (tertiary/aromatic N) is 3. The molecule has 0 saturated carbocycles. The number of thiophene rings is 1. The number of hydrogen-bond donors (Lipinski definition) is 0. The number of aryl methyl sites for hydroxylation is 1. The minimum Gasteiger partial charge on any atom is -0.549 e. The molecule has 5 nitrogen and oxygen atoms in total. The molecule has 0 unspecified atom stereocenters. The number of rotatable bonds is 5. The van der Waals surface area contributed by atoms with Crippen LogP contribution >= 0.6 is 23.1 Å². The fourth-order valence-electron chi connectivity index (χ4n) is 3.54. The Kier molecular flexibility index (Phi) is 4.37. The molecule has 0 bridgehead atoms. The summed E-state index contributed by atoms with van der Waals surface area (Å²) in [4.78, 5) is 25.6. The van der Waals surface area contributed by atoms with Gasteiger partial charge in [-0.2, -0.15) is 0 Å². The van der Waals surface area contributed by atoms with Crippen LogP contribution in [0.5, 0.6) is 0 Å². The summed E-state index contributed by atoms with van der Waals surface area (Å²) >= 11 is 2.77. The second-order valence-corrected chi connectivity index (χ2v) is 8.73. The van der Waals surface area contributed by atoms with Crippen LogP contribution in [0.2, 0.25) is 0 Å². The van der Waals surface area contributed by atoms with E-state index in [9.17, 15) is 9.90 Å². The van der Waals surface area contributed by atoms with E-state index in [1.807, 2.05) is 0 Å². The van der Waals surface area contributed by atoms with Gasteiger partial charge in [-0.05, 0) is 42.7 Å². The van der Waals surface area contributed by atoms with Crippen molar-refractivity contribution in [2.45, 2.75) is 44.6 Å². The van der Waals surface area contributed by atoms with Gasteiger partial charge in [0.15, 0.2) is 0 Å². The number of carboxylic acid groups (broad SMARTS) is 1. The monoisotopic (exact) mass is 372 g/mol. The molecule has 25 heavy (non-hydrogen) atoms. The third-order valence-corrected chi connectivity index (χ3v) is 6.63. The second kappa shape index (κ2) is 6.53. The highest BCUT2D eigenvalue weighted by Crippen LogP contribution is 2.42. The van der Waals surface area contributed by atoms with Crippen molar-refractivity contribution >= 4 is 49.5 Å². The van der Waals surface area contributed by atoms with Crippen LogP contribution in [0, 0.1) is 5.92 Å². The molecule has 1 aliphatic carbocycles. The minimum atomic E-state index is -1.09. The van der Waals surface area contributed by atoms with Crippen molar-refractivity contribution in [3.05, 3.63) is 23.1 Å². The lowest BCUT2D eigenvalue weighted by Crippen LogP contribution is -2.24. The van der Waals surface area contributed by atoms with Gasteiger partial charge in [0, 0.05) is 16.8 Å². The fraction of sp³-hybridized carbons (Fsp3) is 0.444. The first-order valence-electron chi connectivity index (χ1n) is 8.45. The van der Waals surface area contributed by atoms with Crippen molar-refractivity contribution in [3.8, 4) is 0 Å². The predicted molar refractivity (Wildman–Crippen MR) is 99.0 cm³/mol. The van der Waals surface area contributed by atoms with Crippen LogP contribution in [0.4, 0.5) is 0 Å². The standard InChI is InChI=1S/C18H19N3O2S2/c1-9(2)6-12-10-4-3-5-11(10)14-15-16(25-17(14)21-12)18(20-8-19-15)24-7-13(22)23/h8-9H,3-7H2,1-2H3,(H,22,23)/p-1. The zero-order valence-electron chi connectivity index (χ0n) is 14.2. The molecule has 0 N–H and O–H groups in total. The SMILES string of the molecule is CC(C)Cc1nc2sc3c(SCC(=O)[O-])ncnc3c2c2c1CCC2. The van der Waals surface area contributed by atoms with Gasteiger partial charge < -0.3 is 9.90 Å². The van der Waals surface area contributed by atoms with Gasteiger partial charge in [0.05, 0.1) is 16.2 Å². The number of thioether (sulfide) groups is 1. The molecule has 7 heteroatoms. The van der Waals surface area contributed by atoms with Gasteiger partial charge in [-0.25, -0.2) is 15.0 Å². The zero-order valence-corrected chi connectivity index (χ0v) is 15.8. The average Bonchev–Trinajstić information content (AvgIpc) is 3.16. The third-order valence-electron chi connectivity index (χ3n) is 4.45. The average molecular weight is 372 g/mol. The number of pyridine rings is 1. The summed E-state index contributed by atoms with van der Waals surface area (Å²) in [7, 11) is 0. The quantitative estimate of drug-likeness (QED) is 0.506. The van der Waals surface area contributed by atoms with Crippen LogP contribution in [0.3, 0.4) is 0 Å². The molecule has 0 radical (unpaired) electrons. The summed E-state index contributed by atoms with van der Waals surface area (Å²) in [6.45, 7) is 4.44. The van der Waals surface area contributed by atoms with Gasteiger partial charge in [-0.15, -0.1) is 11.3 Å². The second-order valence-electron chi connectivity index (χ2n) is 6.77. The first-order chi connectivity index (χ1) is 12.0. The molecule has 3 heterocycles. The van der Waals surface area contributed by atoms with E-state index in [1.54, 1.807) is 11.3 Å². The van der Waals surface area contributed by atoms with Gasteiger partial charge in [0.1, 0.15) is 16.2 Å². The molecule has 130 valence electrons. The maximum absolute atomic E-state index is 10.8. The maximum Gasteiger partial charge on any atom is 0.126 e. The topological polar surface area (TPSA) is 78.8 Å². The van der Waals surface area contributed by atoms with Crippen LogP contribution in [0.15, 0.2) is 11.4 Å². The molecular formula is C18H18N3O2S2-. The number of carbonyl (C=O) groups is 1. The normalized spacial score (nSPS) is 13.9. The van der Waals surface area contributed by atoms with Crippen LogP contribution in [0.1, 0.15) is 37.1 Å². The molecule has 3 aromatic rings. The number of carbonyl (C=O) groups excluding carboxylic acids is 1. The lowest BCUT2D eigenvalue weighted by Gasteiger charge is -2.11. The van der Waals surface area contributed by atoms with E-state index < -0.39 is 5.97 Å². The summed E-state index contributed by atoms with van der Waals surface area (Å²) in [5, 5.41) is 12.7. The van der Waals surface area contributed by atoms with E-state index >= 15 is 0 Å². The maximum atomic E-state index is 10.8. The molecular weight excluding hydrogens is 354 g/mol. The van der Waals surface area contributed by atoms with Gasteiger partial charge in [0.25, 0.3) is 0 Å². The van der Waals surface area contributed by atoms with E-state index in [-0.39, 0.29) is 5.75 Å². The summed E-state index contributed by atoms with van der Waals surface area (Å²) in [5.74, 6) is -0.626. The predicted octanol–water partition coefficient (Wildman–Crippen LogP) is 2.77. The van der Waals surface area contributed by atoms with E-state index in [4.69, 9.17) is 4.98 Å². The van der Waals surface area contributed by atoms with Crippen LogP contribution in [-0.4, -0.2) is 26.7 Å². The molecule has 1 aliphatic rings. The fourth-order valence-corrected chi connectivity index (χ4v) is 5.51. The Hall–Kier alpha value is -1.73. The Balaban J connectivity index is 1.93. The van der Waals surface area contributed by atoms with Gasteiger partial charge in [-0.1, -0.05) is 25.6 Å². The van der Waals surface area contributed by atoms with E-state index in [0.717, 1.165) is 46.1 Å². The highest BCUT2D eigenvalue weighted by Gasteiger charge is 2.24. The van der Waals surface area contributed by atoms with Crippen molar-refractivity contribution in [2.75, 3.05) is 5.75 Å². The summed E-state index contributed by atoms with van der Waals surface area (Å²) in [6, 6.07) is 0. The first kappa shape index (κ1) is 16.7. The van der Waals surface area contributed by atoms with Crippen molar-refractivity contribution < 1.29 is 9.90 Å². The van der Waals surface area contributed by atoms with E-state index in [1.165, 1.54) is 34.9 Å². The number of hydrogen-bond acceptors (Lipinski definition) is 7. The Labute approximate surface area is 153 Å². The zero-order chi connectivity index (χ0) is 17.6. The van der Waals surface area contributed by atoms with Gasteiger partial charge >= 0.3 is 0 Å². The van der Waals surface area contributed by atoms with Crippen LogP contribution in [0.25, 0.3) is 20.4 Å². The van der Waals surface area contributed by atoms with Crippen molar-refractivity contribution in [3.63, 3.8) is 0 Å². The molecule has 0 amide bonds. The van der Waals surface area contributed by atoms with Crippen LogP contribution in [-0.2, 0) is 24.1 Å². The Bertz CT molecular complexity index is 982. The summed E-state index contributed by atoms with van der Waals surface area (Å²) < 4.78 is 0.937. The smallest absolute Gasteiger partial charge is 0.126 e. The molecule has 0 aromatic carbocycles. The van der Waals surface area contributed by atoms with Crippen molar-refractivity contribution in [1.82, 2.24) is 15.0 Å². The molecule has 4 rings (SSSR count). The Morgan fingerprint density at radius 1 is 1.32 bits per heavy atom. The Morgan fingerprint density at radius 3 is 2.88 bits per heavy atom. The lowest BCUT2D eigenvalue weighted by atomic mass is 9.99. The molecule has 0 spiro atoms. The largest absolute Gasteiger partial charge is 0.549 e. The van der Waals surface area contributed by atoms with Gasteiger partial charge in [0.2, 0.25) is 0 Å². The van der Waals surface area contributed by atoms with Gasteiger partial charge in [-0.3, -0.25) is 0 Å². The van der Waals surface area contributed by atoms with E-state index in [0.29, 0.717) is 10.9 Å². The summed E-state index contributed by atoms with van der Waals surface area (Å²) in [6.07, 6.45) is 5.84. The Morgan fingerprint density at radius 2 is 2.12 bits per heavy atom. The lowest BCUT2D eigenvalue weighted by molar-refractivity contribution is -0.301. The first-order valence-corrected chi connectivity index (χ1v) is 10.2. The molecule has 0 saturated heterocycles. The highest BCUT2D eigenvalue weighted by molar-refractivity contribution is 8.00. The number of carboxylic acids is 1. The van der Waals surface area contributed by atoms with Crippen molar-refractivity contribution in [2.24, 2.45) is 5.92 Å². The third kappa shape index (κ3) is 3.00. The summed E-state index contributed by atoms with van der Waals surface area (Å²) in [5.41, 5.74) is 4.93. The minimum absolute atomic E-state index is 0.107. The van der Waals surface area contributed by atoms with E-state index in [2.05, 4.69) is 23.8 Å². The highest BCUT2D eigenvalue weighted by atomic mass is 32.2. The number of aliphatic carboxylic acids is 1. The number of fused-ring (bicyclic) bond motifs is 5. The molecule has 0 aliphatic heterocycles. The molecule has 3 aromatic heterocycles. The van der Waals surface area contributed by atoms with Crippen LogP contribution < -0.4 is 5.11 Å².